The van der Waals surface area contributed by atoms with Crippen molar-refractivity contribution in [3.8, 4) is 0 Å². The van der Waals surface area contributed by atoms with E-state index in [4.69, 9.17) is 18.2 Å². The Morgan fingerprint density at radius 1 is 1.52 bits per heavy atom. The number of hydrogen-bond donors (Lipinski definition) is 0. The lowest BCUT2D eigenvalue weighted by Crippen LogP contribution is -2.07. The highest BCUT2D eigenvalue weighted by Gasteiger charge is 2.30. The molecule has 118 valence electrons. The van der Waals surface area contributed by atoms with Gasteiger partial charge in [-0.15, -0.1) is 0 Å². The number of pyridine rings is 1. The highest BCUT2D eigenvalue weighted by molar-refractivity contribution is 6.30. The van der Waals surface area contributed by atoms with Gasteiger partial charge in [0.05, 0.1) is 24.6 Å². The number of hydrogen-bond acceptors (Lipinski definition) is 3. The molecular formula is C16H17ClN6. The average Bonchev–Trinajstić information content (AvgIpc) is 3.28. The van der Waals surface area contributed by atoms with E-state index < -0.39 is 0 Å². The number of rotatable bonds is 5. The summed E-state index contributed by atoms with van der Waals surface area (Å²) in [6.07, 6.45) is 6.00. The van der Waals surface area contributed by atoms with Crippen molar-refractivity contribution >= 4 is 29.4 Å². The molecule has 0 spiro atoms. The van der Waals surface area contributed by atoms with Crippen LogP contribution in [-0.4, -0.2) is 40.1 Å². The first kappa shape index (κ1) is 15.5. The molecule has 0 aliphatic heterocycles. The highest BCUT2D eigenvalue weighted by atomic mass is 35.5. The Labute approximate surface area is 140 Å². The zero-order valence-corrected chi connectivity index (χ0v) is 13.8. The third kappa shape index (κ3) is 3.51. The zero-order chi connectivity index (χ0) is 16.4. The van der Waals surface area contributed by atoms with Crippen molar-refractivity contribution < 1.29 is 0 Å². The topological polar surface area (TPSA) is 50.7 Å². The maximum Gasteiger partial charge on any atom is 0.253 e. The fourth-order valence-corrected chi connectivity index (χ4v) is 2.46. The molecule has 0 amide bonds. The lowest BCUT2D eigenvalue weighted by Gasteiger charge is -2.04. The molecule has 1 saturated carbocycles. The van der Waals surface area contributed by atoms with Crippen LogP contribution in [0, 0.1) is 6.57 Å². The normalized spacial score (nSPS) is 14.2. The highest BCUT2D eigenvalue weighted by Crippen LogP contribution is 2.43. The van der Waals surface area contributed by atoms with Crippen LogP contribution in [0.15, 0.2) is 23.3 Å². The molecule has 1 aliphatic carbocycles. The van der Waals surface area contributed by atoms with E-state index in [0.717, 1.165) is 18.5 Å². The fraction of sp³-hybridized carbons (Fsp3) is 0.375. The summed E-state index contributed by atoms with van der Waals surface area (Å²) in [5, 5.41) is 5.26. The molecule has 0 atom stereocenters. The lowest BCUT2D eigenvalue weighted by atomic mass is 10.2. The van der Waals surface area contributed by atoms with E-state index in [-0.39, 0.29) is 0 Å². The summed E-state index contributed by atoms with van der Waals surface area (Å²) in [6, 6.07) is 3.89. The van der Waals surface area contributed by atoms with E-state index in [0.29, 0.717) is 34.7 Å². The Balaban J connectivity index is 2.00. The van der Waals surface area contributed by atoms with Crippen LogP contribution in [0.2, 0.25) is 5.02 Å². The average molecular weight is 329 g/mol. The summed E-state index contributed by atoms with van der Waals surface area (Å²) in [6.45, 7) is 7.53. The molecule has 2 heterocycles. The predicted molar refractivity (Wildman–Crippen MR) is 90.7 cm³/mol. The SMILES string of the molecule is [C-]#[N+]c1c(Cc2cc(Cl)ccn2)nn(C2CC2)c1N=CN(C)C. The van der Waals surface area contributed by atoms with Crippen molar-refractivity contribution in [1.29, 1.82) is 0 Å². The molecule has 0 N–H and O–H groups in total. The number of nitrogens with zero attached hydrogens (tertiary/aromatic N) is 6. The third-order valence-corrected chi connectivity index (χ3v) is 3.71. The fourth-order valence-electron chi connectivity index (χ4n) is 2.28. The van der Waals surface area contributed by atoms with Crippen molar-refractivity contribution in [2.24, 2.45) is 4.99 Å². The van der Waals surface area contributed by atoms with Gasteiger partial charge in [-0.1, -0.05) is 11.6 Å². The summed E-state index contributed by atoms with van der Waals surface area (Å²) in [4.78, 5) is 14.3. The van der Waals surface area contributed by atoms with Crippen LogP contribution >= 0.6 is 11.6 Å². The van der Waals surface area contributed by atoms with E-state index in [1.807, 2.05) is 23.7 Å². The van der Waals surface area contributed by atoms with E-state index in [1.54, 1.807) is 24.7 Å². The second-order valence-corrected chi connectivity index (χ2v) is 6.19. The van der Waals surface area contributed by atoms with E-state index in [1.165, 1.54) is 0 Å². The van der Waals surface area contributed by atoms with Gasteiger partial charge in [0.2, 0.25) is 0 Å². The minimum absolute atomic E-state index is 0.353. The van der Waals surface area contributed by atoms with Crippen LogP contribution < -0.4 is 0 Å². The standard InChI is InChI=1S/C16H17ClN6/c1-18-15-14(9-12-8-11(17)6-7-19-12)21-23(13-4-5-13)16(15)20-10-22(2)3/h6-8,10,13H,4-5,9H2,2-3H3. The second-order valence-electron chi connectivity index (χ2n) is 5.76. The minimum atomic E-state index is 0.353. The molecule has 2 aromatic rings. The van der Waals surface area contributed by atoms with Crippen LogP contribution in [0.5, 0.6) is 0 Å². The van der Waals surface area contributed by atoms with Crippen molar-refractivity contribution in [2.75, 3.05) is 14.1 Å². The monoisotopic (exact) mass is 328 g/mol. The zero-order valence-electron chi connectivity index (χ0n) is 13.1. The smallest absolute Gasteiger partial charge is 0.253 e. The maximum absolute atomic E-state index is 7.53. The van der Waals surface area contributed by atoms with Gasteiger partial charge in [-0.3, -0.25) is 9.67 Å². The Bertz CT molecular complexity index is 782. The number of halogens is 1. The van der Waals surface area contributed by atoms with Crippen LogP contribution in [0.4, 0.5) is 11.5 Å². The molecule has 7 heteroatoms. The molecule has 0 bridgehead atoms. The molecule has 0 saturated heterocycles. The first-order valence-electron chi connectivity index (χ1n) is 7.38. The van der Waals surface area contributed by atoms with Crippen LogP contribution in [0.3, 0.4) is 0 Å². The molecule has 6 nitrogen and oxygen atoms in total. The van der Waals surface area contributed by atoms with E-state index in [9.17, 15) is 0 Å². The van der Waals surface area contributed by atoms with E-state index >= 15 is 0 Å². The van der Waals surface area contributed by atoms with Gasteiger partial charge in [-0.25, -0.2) is 9.84 Å². The Hall–Kier alpha value is -2.39. The van der Waals surface area contributed by atoms with Gasteiger partial charge in [0.1, 0.15) is 0 Å². The first-order valence-corrected chi connectivity index (χ1v) is 7.76. The first-order chi connectivity index (χ1) is 11.1. The summed E-state index contributed by atoms with van der Waals surface area (Å²) >= 11 is 6.01. The molecule has 23 heavy (non-hydrogen) atoms. The van der Waals surface area contributed by atoms with Crippen LogP contribution in [0.1, 0.15) is 30.3 Å². The number of aromatic nitrogens is 3. The minimum Gasteiger partial charge on any atom is -0.369 e. The van der Waals surface area contributed by atoms with Crippen molar-refractivity contribution in [3.63, 3.8) is 0 Å². The van der Waals surface area contributed by atoms with Gasteiger partial charge in [0, 0.05) is 37.4 Å². The molecule has 0 aromatic carbocycles. The quantitative estimate of drug-likeness (QED) is 0.478. The summed E-state index contributed by atoms with van der Waals surface area (Å²) in [7, 11) is 3.80. The van der Waals surface area contributed by atoms with Crippen LogP contribution in [0.25, 0.3) is 4.85 Å². The molecule has 0 radical (unpaired) electrons. The van der Waals surface area contributed by atoms with Crippen LogP contribution in [-0.2, 0) is 6.42 Å². The molecular weight excluding hydrogens is 312 g/mol. The predicted octanol–water partition coefficient (Wildman–Crippen LogP) is 3.63. The van der Waals surface area contributed by atoms with Crippen molar-refractivity contribution in [1.82, 2.24) is 19.7 Å². The van der Waals surface area contributed by atoms with E-state index in [2.05, 4.69) is 19.9 Å². The van der Waals surface area contributed by atoms with Gasteiger partial charge in [0.25, 0.3) is 5.69 Å². The van der Waals surface area contributed by atoms with Gasteiger partial charge in [-0.05, 0) is 25.0 Å². The van der Waals surface area contributed by atoms with Crippen molar-refractivity contribution in [2.45, 2.75) is 25.3 Å². The Morgan fingerprint density at radius 3 is 2.91 bits per heavy atom. The van der Waals surface area contributed by atoms with Crippen molar-refractivity contribution in [3.05, 3.63) is 46.2 Å². The summed E-state index contributed by atoms with van der Waals surface area (Å²) in [5.41, 5.74) is 2.00. The molecule has 0 unspecified atom stereocenters. The van der Waals surface area contributed by atoms with Gasteiger partial charge >= 0.3 is 0 Å². The summed E-state index contributed by atoms with van der Waals surface area (Å²) < 4.78 is 1.88. The maximum atomic E-state index is 7.53. The van der Waals surface area contributed by atoms with Gasteiger partial charge in [-0.2, -0.15) is 5.10 Å². The second kappa shape index (κ2) is 6.39. The third-order valence-electron chi connectivity index (χ3n) is 3.47. The lowest BCUT2D eigenvalue weighted by molar-refractivity contribution is 0.625. The van der Waals surface area contributed by atoms with Gasteiger partial charge in [0.15, 0.2) is 5.82 Å². The molecule has 2 aromatic heterocycles. The molecule has 1 fully saturated rings. The number of aliphatic imine (C=N–C) groups is 1. The Morgan fingerprint density at radius 2 is 2.30 bits per heavy atom. The Kier molecular flexibility index (Phi) is 4.30. The van der Waals surface area contributed by atoms with Gasteiger partial charge < -0.3 is 4.90 Å². The molecule has 3 rings (SSSR count). The molecule has 1 aliphatic rings. The summed E-state index contributed by atoms with van der Waals surface area (Å²) in [5.74, 6) is 0.633. The largest absolute Gasteiger partial charge is 0.369 e.